The van der Waals surface area contributed by atoms with Gasteiger partial charge in [-0.15, -0.1) is 0 Å². The minimum absolute atomic E-state index is 0.0767. The standard InChI is InChI=1S/C17H32N2O2/c1-13(14-5-6-14)11-16(21)19-9-7-18(8-10-19)12-15(20)17(2,3)4/h13-15,20H,5-12H2,1-4H3/t13-,15+/m0/s1. The maximum absolute atomic E-state index is 12.3. The van der Waals surface area contributed by atoms with Gasteiger partial charge >= 0.3 is 0 Å². The number of amides is 1. The molecule has 1 N–H and O–H groups in total. The molecule has 0 aromatic rings. The van der Waals surface area contributed by atoms with Crippen LogP contribution in [0.2, 0.25) is 0 Å². The highest BCUT2D eigenvalue weighted by atomic mass is 16.3. The van der Waals surface area contributed by atoms with Crippen molar-refractivity contribution in [2.75, 3.05) is 32.7 Å². The van der Waals surface area contributed by atoms with Gasteiger partial charge in [0.05, 0.1) is 6.10 Å². The molecule has 4 nitrogen and oxygen atoms in total. The van der Waals surface area contributed by atoms with Crippen molar-refractivity contribution in [3.8, 4) is 0 Å². The molecule has 1 aliphatic heterocycles. The maximum atomic E-state index is 12.3. The zero-order valence-electron chi connectivity index (χ0n) is 14.1. The predicted octanol–water partition coefficient (Wildman–Crippen LogP) is 1.97. The van der Waals surface area contributed by atoms with Gasteiger partial charge in [-0.05, 0) is 30.1 Å². The monoisotopic (exact) mass is 296 g/mol. The quantitative estimate of drug-likeness (QED) is 0.843. The van der Waals surface area contributed by atoms with Crippen molar-refractivity contribution in [3.63, 3.8) is 0 Å². The van der Waals surface area contributed by atoms with Crippen molar-refractivity contribution < 1.29 is 9.90 Å². The molecular weight excluding hydrogens is 264 g/mol. The third-order valence-electron chi connectivity index (χ3n) is 5.08. The Morgan fingerprint density at radius 2 is 1.76 bits per heavy atom. The van der Waals surface area contributed by atoms with E-state index in [0.29, 0.717) is 18.4 Å². The Hall–Kier alpha value is -0.610. The van der Waals surface area contributed by atoms with E-state index in [9.17, 15) is 9.90 Å². The Bertz CT molecular complexity index is 352. The minimum Gasteiger partial charge on any atom is -0.391 e. The Kier molecular flexibility index (Phi) is 5.31. The molecule has 122 valence electrons. The fraction of sp³-hybridized carbons (Fsp3) is 0.941. The highest BCUT2D eigenvalue weighted by molar-refractivity contribution is 5.76. The molecule has 0 aromatic heterocycles. The molecule has 2 atom stereocenters. The van der Waals surface area contributed by atoms with E-state index in [4.69, 9.17) is 0 Å². The Balaban J connectivity index is 1.71. The van der Waals surface area contributed by atoms with Crippen LogP contribution in [0, 0.1) is 17.3 Å². The van der Waals surface area contributed by atoms with Crippen LogP contribution in [0.4, 0.5) is 0 Å². The molecule has 2 fully saturated rings. The van der Waals surface area contributed by atoms with E-state index >= 15 is 0 Å². The molecule has 1 aliphatic carbocycles. The molecule has 1 saturated heterocycles. The number of nitrogens with zero attached hydrogens (tertiary/aromatic N) is 2. The summed E-state index contributed by atoms with van der Waals surface area (Å²) in [5, 5.41) is 10.2. The summed E-state index contributed by atoms with van der Waals surface area (Å²) in [6, 6.07) is 0. The van der Waals surface area contributed by atoms with Gasteiger partial charge in [-0.2, -0.15) is 0 Å². The van der Waals surface area contributed by atoms with Gasteiger partial charge in [0.25, 0.3) is 0 Å². The number of β-amino-alcohol motifs (C(OH)–C–C–N with tert-alkyl or cyclic N) is 1. The number of aliphatic hydroxyl groups excluding tert-OH is 1. The first kappa shape index (κ1) is 16.8. The normalized spacial score (nSPS) is 24.0. The van der Waals surface area contributed by atoms with E-state index in [1.54, 1.807) is 0 Å². The Morgan fingerprint density at radius 1 is 1.19 bits per heavy atom. The number of aliphatic hydroxyl groups is 1. The largest absolute Gasteiger partial charge is 0.391 e. The van der Waals surface area contributed by atoms with Crippen LogP contribution in [0.1, 0.15) is 47.0 Å². The molecule has 1 amide bonds. The average molecular weight is 296 g/mol. The van der Waals surface area contributed by atoms with Gasteiger partial charge in [-0.25, -0.2) is 0 Å². The van der Waals surface area contributed by atoms with Gasteiger partial charge in [0.15, 0.2) is 0 Å². The summed E-state index contributed by atoms with van der Waals surface area (Å²) in [5.41, 5.74) is -0.0767. The van der Waals surface area contributed by atoms with E-state index in [0.717, 1.165) is 38.5 Å². The zero-order valence-corrected chi connectivity index (χ0v) is 14.1. The van der Waals surface area contributed by atoms with Crippen molar-refractivity contribution in [1.29, 1.82) is 0 Å². The van der Waals surface area contributed by atoms with Crippen molar-refractivity contribution >= 4 is 5.91 Å². The number of piperazine rings is 1. The van der Waals surface area contributed by atoms with E-state index in [1.807, 2.05) is 4.90 Å². The zero-order chi connectivity index (χ0) is 15.6. The van der Waals surface area contributed by atoms with Crippen LogP contribution in [0.3, 0.4) is 0 Å². The Labute approximate surface area is 129 Å². The summed E-state index contributed by atoms with van der Waals surface area (Å²) in [4.78, 5) is 16.6. The molecule has 21 heavy (non-hydrogen) atoms. The van der Waals surface area contributed by atoms with Gasteiger partial charge < -0.3 is 10.0 Å². The van der Waals surface area contributed by atoms with Gasteiger partial charge in [-0.1, -0.05) is 27.7 Å². The van der Waals surface area contributed by atoms with Crippen LogP contribution in [-0.4, -0.2) is 59.6 Å². The highest BCUT2D eigenvalue weighted by Gasteiger charge is 2.32. The molecule has 1 heterocycles. The second-order valence-corrected chi connectivity index (χ2v) is 8.08. The number of carbonyl (C=O) groups excluding carboxylic acids is 1. The number of rotatable bonds is 5. The summed E-state index contributed by atoms with van der Waals surface area (Å²) >= 11 is 0. The first-order valence-electron chi connectivity index (χ1n) is 8.45. The van der Waals surface area contributed by atoms with Crippen molar-refractivity contribution in [1.82, 2.24) is 9.80 Å². The van der Waals surface area contributed by atoms with Gasteiger partial charge in [0.1, 0.15) is 0 Å². The third kappa shape index (κ3) is 4.96. The molecule has 4 heteroatoms. The number of carbonyl (C=O) groups is 1. The molecular formula is C17H32N2O2. The van der Waals surface area contributed by atoms with E-state index in [-0.39, 0.29) is 11.5 Å². The topological polar surface area (TPSA) is 43.8 Å². The molecule has 0 bridgehead atoms. The summed E-state index contributed by atoms with van der Waals surface area (Å²) < 4.78 is 0. The lowest BCUT2D eigenvalue weighted by Gasteiger charge is -2.38. The fourth-order valence-electron chi connectivity index (χ4n) is 2.93. The van der Waals surface area contributed by atoms with Crippen molar-refractivity contribution in [3.05, 3.63) is 0 Å². The van der Waals surface area contributed by atoms with Crippen molar-refractivity contribution in [2.24, 2.45) is 17.3 Å². The molecule has 0 radical (unpaired) electrons. The smallest absolute Gasteiger partial charge is 0.222 e. The van der Waals surface area contributed by atoms with Gasteiger partial charge in [0, 0.05) is 39.1 Å². The van der Waals surface area contributed by atoms with Crippen LogP contribution in [0.5, 0.6) is 0 Å². The van der Waals surface area contributed by atoms with Crippen LogP contribution >= 0.6 is 0 Å². The molecule has 0 spiro atoms. The average Bonchev–Trinajstić information content (AvgIpc) is 3.22. The van der Waals surface area contributed by atoms with E-state index in [2.05, 4.69) is 32.6 Å². The summed E-state index contributed by atoms with van der Waals surface area (Å²) in [6.07, 6.45) is 3.03. The first-order valence-corrected chi connectivity index (χ1v) is 8.45. The van der Waals surface area contributed by atoms with Gasteiger partial charge in [0.2, 0.25) is 5.91 Å². The van der Waals surface area contributed by atoms with E-state index in [1.165, 1.54) is 12.8 Å². The van der Waals surface area contributed by atoms with Crippen LogP contribution in [0.15, 0.2) is 0 Å². The second kappa shape index (κ2) is 6.66. The first-order chi connectivity index (χ1) is 9.77. The van der Waals surface area contributed by atoms with Crippen LogP contribution < -0.4 is 0 Å². The Morgan fingerprint density at radius 3 is 2.24 bits per heavy atom. The number of hydrogen-bond acceptors (Lipinski definition) is 3. The molecule has 0 aromatic carbocycles. The lowest BCUT2D eigenvalue weighted by molar-refractivity contribution is -0.134. The molecule has 2 aliphatic rings. The minimum atomic E-state index is -0.311. The molecule has 1 saturated carbocycles. The van der Waals surface area contributed by atoms with Crippen LogP contribution in [-0.2, 0) is 4.79 Å². The third-order valence-corrected chi connectivity index (χ3v) is 5.08. The second-order valence-electron chi connectivity index (χ2n) is 8.08. The summed E-state index contributed by atoms with van der Waals surface area (Å²) in [5.74, 6) is 1.68. The number of hydrogen-bond donors (Lipinski definition) is 1. The SMILES string of the molecule is C[C@@H](CC(=O)N1CCN(C[C@@H](O)C(C)(C)C)CC1)C1CC1. The summed E-state index contributed by atoms with van der Waals surface area (Å²) in [7, 11) is 0. The van der Waals surface area contributed by atoms with Gasteiger partial charge in [-0.3, -0.25) is 9.69 Å². The summed E-state index contributed by atoms with van der Waals surface area (Å²) in [6.45, 7) is 12.5. The lowest BCUT2D eigenvalue weighted by atomic mass is 9.89. The van der Waals surface area contributed by atoms with Crippen molar-refractivity contribution in [2.45, 2.75) is 53.1 Å². The highest BCUT2D eigenvalue weighted by Crippen LogP contribution is 2.38. The molecule has 0 unspecified atom stereocenters. The van der Waals surface area contributed by atoms with E-state index < -0.39 is 0 Å². The predicted molar refractivity (Wildman–Crippen MR) is 85.0 cm³/mol. The molecule has 2 rings (SSSR count). The van der Waals surface area contributed by atoms with Crippen LogP contribution in [0.25, 0.3) is 0 Å². The maximum Gasteiger partial charge on any atom is 0.222 e. The fourth-order valence-corrected chi connectivity index (χ4v) is 2.93. The lowest BCUT2D eigenvalue weighted by Crippen LogP contribution is -2.51.